The van der Waals surface area contributed by atoms with Crippen LogP contribution >= 0.6 is 11.6 Å². The van der Waals surface area contributed by atoms with Gasteiger partial charge in [-0.25, -0.2) is 4.79 Å². The molecule has 1 heterocycles. The molecule has 1 aliphatic rings. The van der Waals surface area contributed by atoms with E-state index in [9.17, 15) is 9.59 Å². The zero-order chi connectivity index (χ0) is 17.5. The van der Waals surface area contributed by atoms with E-state index < -0.39 is 0 Å². The van der Waals surface area contributed by atoms with E-state index in [1.165, 1.54) is 0 Å². The first kappa shape index (κ1) is 18.6. The summed E-state index contributed by atoms with van der Waals surface area (Å²) >= 11 is 5.94. The number of nitrogens with one attached hydrogen (secondary N) is 1. The highest BCUT2D eigenvalue weighted by Crippen LogP contribution is 2.17. The third-order valence-corrected chi connectivity index (χ3v) is 4.74. The molecule has 0 saturated carbocycles. The minimum atomic E-state index is -0.144. The van der Waals surface area contributed by atoms with Crippen LogP contribution in [0.1, 0.15) is 33.1 Å². The van der Waals surface area contributed by atoms with Crippen LogP contribution in [0.5, 0.6) is 0 Å². The van der Waals surface area contributed by atoms with Gasteiger partial charge in [-0.2, -0.15) is 0 Å². The number of benzene rings is 1. The number of carbonyl (C=O) groups excluding carboxylic acids is 2. The highest BCUT2D eigenvalue weighted by atomic mass is 35.5. The average molecular weight is 352 g/mol. The molecular weight excluding hydrogens is 326 g/mol. The molecule has 1 aliphatic heterocycles. The van der Waals surface area contributed by atoms with Gasteiger partial charge in [0.05, 0.1) is 0 Å². The number of amides is 3. The molecule has 0 atom stereocenters. The van der Waals surface area contributed by atoms with E-state index in [4.69, 9.17) is 11.6 Å². The van der Waals surface area contributed by atoms with Crippen LogP contribution in [0.3, 0.4) is 0 Å². The van der Waals surface area contributed by atoms with Crippen LogP contribution in [0.2, 0.25) is 5.02 Å². The second-order valence-corrected chi connectivity index (χ2v) is 6.56. The zero-order valence-corrected chi connectivity index (χ0v) is 15.2. The van der Waals surface area contributed by atoms with Crippen molar-refractivity contribution in [2.45, 2.75) is 33.1 Å². The van der Waals surface area contributed by atoms with Gasteiger partial charge in [-0.15, -0.1) is 0 Å². The van der Waals surface area contributed by atoms with Gasteiger partial charge in [0, 0.05) is 42.8 Å². The lowest BCUT2D eigenvalue weighted by atomic mass is 10.0. The van der Waals surface area contributed by atoms with Gasteiger partial charge >= 0.3 is 6.03 Å². The third kappa shape index (κ3) is 4.87. The average Bonchev–Trinajstić information content (AvgIpc) is 2.82. The maximum absolute atomic E-state index is 12.5. The van der Waals surface area contributed by atoms with Gasteiger partial charge in [-0.3, -0.25) is 4.79 Å². The maximum Gasteiger partial charge on any atom is 0.321 e. The molecular formula is C18H26ClN3O2. The second kappa shape index (κ2) is 8.92. The largest absolute Gasteiger partial charge is 0.341 e. The quantitative estimate of drug-likeness (QED) is 0.895. The van der Waals surface area contributed by atoms with Gasteiger partial charge in [-0.1, -0.05) is 31.5 Å². The number of halogens is 1. The molecule has 5 nitrogen and oxygen atoms in total. The molecule has 3 amide bonds. The van der Waals surface area contributed by atoms with Gasteiger partial charge in [-0.05, 0) is 37.5 Å². The Bertz CT molecular complexity index is 575. The predicted octanol–water partition coefficient (Wildman–Crippen LogP) is 3.84. The van der Waals surface area contributed by atoms with Crippen LogP contribution in [-0.4, -0.2) is 47.9 Å². The molecule has 0 bridgehead atoms. The molecule has 0 radical (unpaired) electrons. The summed E-state index contributed by atoms with van der Waals surface area (Å²) in [6.45, 7) is 6.62. The number of hydrogen-bond donors (Lipinski definition) is 1. The molecule has 2 rings (SSSR count). The Hall–Kier alpha value is -1.75. The number of anilines is 1. The van der Waals surface area contributed by atoms with E-state index in [-0.39, 0.29) is 17.9 Å². The Morgan fingerprint density at radius 2 is 1.79 bits per heavy atom. The van der Waals surface area contributed by atoms with Crippen molar-refractivity contribution in [3.05, 3.63) is 29.3 Å². The first-order valence-electron chi connectivity index (χ1n) is 8.65. The minimum absolute atomic E-state index is 0.0943. The van der Waals surface area contributed by atoms with Crippen LogP contribution in [-0.2, 0) is 4.79 Å². The normalized spacial score (nSPS) is 15.3. The number of nitrogens with zero attached hydrogens (tertiary/aromatic N) is 2. The van der Waals surface area contributed by atoms with E-state index in [1.807, 2.05) is 11.0 Å². The van der Waals surface area contributed by atoms with E-state index in [1.54, 1.807) is 23.1 Å². The summed E-state index contributed by atoms with van der Waals surface area (Å²) in [5, 5.41) is 3.46. The molecule has 1 fully saturated rings. The highest BCUT2D eigenvalue weighted by molar-refractivity contribution is 6.30. The molecule has 1 N–H and O–H groups in total. The van der Waals surface area contributed by atoms with Crippen molar-refractivity contribution < 1.29 is 9.59 Å². The van der Waals surface area contributed by atoms with Crippen molar-refractivity contribution in [2.24, 2.45) is 5.92 Å². The summed E-state index contributed by atoms with van der Waals surface area (Å²) in [4.78, 5) is 28.6. The fourth-order valence-corrected chi connectivity index (χ4v) is 3.20. The first-order chi connectivity index (χ1) is 11.5. The zero-order valence-electron chi connectivity index (χ0n) is 14.4. The number of urea groups is 1. The van der Waals surface area contributed by atoms with E-state index in [0.29, 0.717) is 30.3 Å². The second-order valence-electron chi connectivity index (χ2n) is 6.12. The van der Waals surface area contributed by atoms with Crippen molar-refractivity contribution >= 4 is 29.2 Å². The smallest absolute Gasteiger partial charge is 0.321 e. The summed E-state index contributed by atoms with van der Waals surface area (Å²) < 4.78 is 0. The summed E-state index contributed by atoms with van der Waals surface area (Å²) in [6.07, 6.45) is 2.53. The molecule has 0 aromatic heterocycles. The van der Waals surface area contributed by atoms with Crippen LogP contribution < -0.4 is 5.32 Å². The van der Waals surface area contributed by atoms with Crippen LogP contribution in [0.25, 0.3) is 0 Å². The number of hydrogen-bond acceptors (Lipinski definition) is 2. The van der Waals surface area contributed by atoms with Crippen LogP contribution in [0.4, 0.5) is 10.5 Å². The maximum atomic E-state index is 12.5. The fraction of sp³-hybridized carbons (Fsp3) is 0.556. The standard InChI is InChI=1S/C18H26ClN3O2/c1-3-14(4-2)17(23)21-9-6-10-22(12-11-21)18(24)20-16-8-5-7-15(19)13-16/h5,7-8,13-14H,3-4,6,9-12H2,1-2H3,(H,20,24). The molecule has 0 aliphatic carbocycles. The fourth-order valence-electron chi connectivity index (χ4n) is 3.01. The Morgan fingerprint density at radius 1 is 1.12 bits per heavy atom. The summed E-state index contributed by atoms with van der Waals surface area (Å²) in [5.41, 5.74) is 0.682. The van der Waals surface area contributed by atoms with Crippen molar-refractivity contribution in [1.29, 1.82) is 0 Å². The Morgan fingerprint density at radius 3 is 2.46 bits per heavy atom. The molecule has 132 valence electrons. The molecule has 0 spiro atoms. The molecule has 24 heavy (non-hydrogen) atoms. The molecule has 1 aromatic carbocycles. The van der Waals surface area contributed by atoms with Gasteiger partial charge in [0.1, 0.15) is 0 Å². The lowest BCUT2D eigenvalue weighted by Crippen LogP contribution is -2.41. The summed E-state index contributed by atoms with van der Waals surface area (Å²) in [6, 6.07) is 6.96. The molecule has 6 heteroatoms. The van der Waals surface area contributed by atoms with Crippen molar-refractivity contribution in [3.63, 3.8) is 0 Å². The van der Waals surface area contributed by atoms with E-state index in [0.717, 1.165) is 25.8 Å². The van der Waals surface area contributed by atoms with Crippen LogP contribution in [0.15, 0.2) is 24.3 Å². The van der Waals surface area contributed by atoms with E-state index >= 15 is 0 Å². The van der Waals surface area contributed by atoms with E-state index in [2.05, 4.69) is 19.2 Å². The van der Waals surface area contributed by atoms with Gasteiger partial charge in [0.15, 0.2) is 0 Å². The lowest BCUT2D eigenvalue weighted by molar-refractivity contribution is -0.135. The lowest BCUT2D eigenvalue weighted by Gasteiger charge is -2.25. The van der Waals surface area contributed by atoms with Crippen LogP contribution in [0, 0.1) is 5.92 Å². The highest BCUT2D eigenvalue weighted by Gasteiger charge is 2.25. The van der Waals surface area contributed by atoms with Gasteiger partial charge in [0.25, 0.3) is 0 Å². The van der Waals surface area contributed by atoms with Gasteiger partial charge in [0.2, 0.25) is 5.91 Å². The SMILES string of the molecule is CCC(CC)C(=O)N1CCCN(C(=O)Nc2cccc(Cl)c2)CC1. The predicted molar refractivity (Wildman–Crippen MR) is 97.3 cm³/mol. The number of rotatable bonds is 4. The monoisotopic (exact) mass is 351 g/mol. The Balaban J connectivity index is 1.92. The third-order valence-electron chi connectivity index (χ3n) is 4.51. The van der Waals surface area contributed by atoms with Crippen molar-refractivity contribution in [2.75, 3.05) is 31.5 Å². The molecule has 0 unspecified atom stereocenters. The summed E-state index contributed by atoms with van der Waals surface area (Å²) in [5.74, 6) is 0.314. The van der Waals surface area contributed by atoms with Crippen molar-refractivity contribution in [3.8, 4) is 0 Å². The molecule has 1 aromatic rings. The number of carbonyl (C=O) groups is 2. The molecule has 1 saturated heterocycles. The van der Waals surface area contributed by atoms with Crippen molar-refractivity contribution in [1.82, 2.24) is 9.80 Å². The van der Waals surface area contributed by atoms with Gasteiger partial charge < -0.3 is 15.1 Å². The Kier molecular flexibility index (Phi) is 6.91. The minimum Gasteiger partial charge on any atom is -0.341 e. The topological polar surface area (TPSA) is 52.7 Å². The first-order valence-corrected chi connectivity index (χ1v) is 9.03. The Labute approximate surface area is 149 Å². The summed E-state index contributed by atoms with van der Waals surface area (Å²) in [7, 11) is 0.